The smallest absolute Gasteiger partial charge is 0.338 e. The lowest BCUT2D eigenvalue weighted by Crippen LogP contribution is -2.39. The maximum Gasteiger partial charge on any atom is 0.338 e. The third kappa shape index (κ3) is 2.98. The van der Waals surface area contributed by atoms with Crippen LogP contribution in [0.5, 0.6) is 0 Å². The third-order valence-electron chi connectivity index (χ3n) is 5.84. The van der Waals surface area contributed by atoms with Crippen molar-refractivity contribution in [3.63, 3.8) is 0 Å². The first-order valence-corrected chi connectivity index (χ1v) is 10.2. The number of anilines is 1. The Morgan fingerprint density at radius 1 is 1.10 bits per heavy atom. The number of benzene rings is 2. The molecule has 0 N–H and O–H groups in total. The molecule has 7 heteroatoms. The van der Waals surface area contributed by atoms with Crippen molar-refractivity contribution in [2.75, 3.05) is 11.4 Å². The van der Waals surface area contributed by atoms with E-state index in [2.05, 4.69) is 4.98 Å². The van der Waals surface area contributed by atoms with Crippen molar-refractivity contribution in [3.05, 3.63) is 69.8 Å². The molecule has 0 bridgehead atoms. The minimum atomic E-state index is -0.919. The maximum atomic E-state index is 12.9. The van der Waals surface area contributed by atoms with Crippen molar-refractivity contribution in [1.29, 1.82) is 0 Å². The summed E-state index contributed by atoms with van der Waals surface area (Å²) in [6.07, 6.45) is 1.52. The van der Waals surface area contributed by atoms with Crippen LogP contribution in [-0.2, 0) is 28.9 Å². The predicted molar refractivity (Wildman–Crippen MR) is 112 cm³/mol. The van der Waals surface area contributed by atoms with E-state index in [1.807, 2.05) is 24.3 Å². The number of para-hydroxylation sites is 1. The Bertz CT molecular complexity index is 1250. The summed E-state index contributed by atoms with van der Waals surface area (Å²) < 4.78 is 7.15. The number of aromatic nitrogens is 2. The van der Waals surface area contributed by atoms with Gasteiger partial charge in [-0.05, 0) is 49.6 Å². The van der Waals surface area contributed by atoms with Crippen molar-refractivity contribution < 1.29 is 14.3 Å². The number of aryl methyl sites for hydroxylation is 1. The summed E-state index contributed by atoms with van der Waals surface area (Å²) in [5.74, 6) is -0.106. The fourth-order valence-corrected chi connectivity index (χ4v) is 4.28. The molecule has 7 nitrogen and oxygen atoms in total. The summed E-state index contributed by atoms with van der Waals surface area (Å²) in [6, 6.07) is 12.5. The Morgan fingerprint density at radius 3 is 2.80 bits per heavy atom. The molecule has 0 radical (unpaired) electrons. The number of esters is 1. The van der Waals surface area contributed by atoms with Crippen molar-refractivity contribution >= 4 is 28.5 Å². The fourth-order valence-electron chi connectivity index (χ4n) is 4.28. The van der Waals surface area contributed by atoms with E-state index in [9.17, 15) is 14.4 Å². The number of hydrogen-bond acceptors (Lipinski definition) is 5. The largest absolute Gasteiger partial charge is 0.449 e. The van der Waals surface area contributed by atoms with Crippen LogP contribution in [0.25, 0.3) is 10.9 Å². The molecular formula is C23H21N3O4. The minimum absolute atomic E-state index is 0.0799. The summed E-state index contributed by atoms with van der Waals surface area (Å²) in [4.78, 5) is 44.3. The molecule has 0 aliphatic carbocycles. The number of rotatable bonds is 3. The molecule has 2 aromatic carbocycles. The first-order chi connectivity index (χ1) is 14.5. The number of carbonyl (C=O) groups is 2. The summed E-state index contributed by atoms with van der Waals surface area (Å²) in [6.45, 7) is 2.84. The molecule has 0 unspecified atom stereocenters. The lowest BCUT2D eigenvalue weighted by Gasteiger charge is -2.21. The molecule has 0 saturated heterocycles. The highest BCUT2D eigenvalue weighted by Crippen LogP contribution is 2.28. The molecule has 0 spiro atoms. The molecule has 1 amide bonds. The van der Waals surface area contributed by atoms with Crippen LogP contribution < -0.4 is 10.5 Å². The van der Waals surface area contributed by atoms with E-state index in [1.54, 1.807) is 34.6 Å². The van der Waals surface area contributed by atoms with E-state index in [-0.39, 0.29) is 17.0 Å². The number of ether oxygens (including phenoxy) is 1. The third-order valence-corrected chi connectivity index (χ3v) is 5.84. The highest BCUT2D eigenvalue weighted by molar-refractivity contribution is 6.01. The Labute approximate surface area is 172 Å². The Morgan fingerprint density at radius 2 is 1.93 bits per heavy atom. The van der Waals surface area contributed by atoms with E-state index in [4.69, 9.17) is 4.74 Å². The van der Waals surface area contributed by atoms with Crippen LogP contribution in [0.1, 0.15) is 35.1 Å². The molecule has 2 aliphatic rings. The van der Waals surface area contributed by atoms with Crippen LogP contribution in [0.3, 0.4) is 0 Å². The summed E-state index contributed by atoms with van der Waals surface area (Å²) in [5.41, 5.74) is 2.66. The van der Waals surface area contributed by atoms with Crippen molar-refractivity contribution in [1.82, 2.24) is 9.55 Å². The predicted octanol–water partition coefficient (Wildman–Crippen LogP) is 2.48. The van der Waals surface area contributed by atoms with Crippen LogP contribution in [-0.4, -0.2) is 34.1 Å². The van der Waals surface area contributed by atoms with Crippen LogP contribution in [0, 0.1) is 0 Å². The average Bonchev–Trinajstić information content (AvgIpc) is 3.40. The second-order valence-electron chi connectivity index (χ2n) is 7.74. The zero-order valence-corrected chi connectivity index (χ0v) is 16.6. The summed E-state index contributed by atoms with van der Waals surface area (Å²) in [5, 5.41) is 0.481. The van der Waals surface area contributed by atoms with Gasteiger partial charge in [-0.25, -0.2) is 9.78 Å². The fraction of sp³-hybridized carbons (Fsp3) is 0.304. The first-order valence-electron chi connectivity index (χ1n) is 10.2. The van der Waals surface area contributed by atoms with E-state index in [0.29, 0.717) is 24.0 Å². The van der Waals surface area contributed by atoms with Crippen molar-refractivity contribution in [2.24, 2.45) is 0 Å². The number of nitrogens with zero attached hydrogens (tertiary/aromatic N) is 3. The summed E-state index contributed by atoms with van der Waals surface area (Å²) in [7, 11) is 0. The molecule has 1 atom stereocenters. The van der Waals surface area contributed by atoms with Gasteiger partial charge in [0.05, 0.1) is 16.5 Å². The molecular weight excluding hydrogens is 382 g/mol. The van der Waals surface area contributed by atoms with Crippen LogP contribution >= 0.6 is 0 Å². The average molecular weight is 403 g/mol. The number of amides is 1. The highest BCUT2D eigenvalue weighted by Gasteiger charge is 2.30. The molecule has 0 saturated carbocycles. The summed E-state index contributed by atoms with van der Waals surface area (Å²) >= 11 is 0. The van der Waals surface area contributed by atoms with Gasteiger partial charge < -0.3 is 9.64 Å². The van der Waals surface area contributed by atoms with Crippen molar-refractivity contribution in [3.8, 4) is 0 Å². The zero-order chi connectivity index (χ0) is 20.8. The SMILES string of the molecule is C[C@@H](OC(=O)c1ccc2c(=O)n3c(nc2c1)CCC3)C(=O)N1CCc2ccccc21. The van der Waals surface area contributed by atoms with Gasteiger partial charge in [0.1, 0.15) is 5.82 Å². The van der Waals surface area contributed by atoms with Crippen LogP contribution in [0.15, 0.2) is 47.3 Å². The molecule has 152 valence electrons. The van der Waals surface area contributed by atoms with Gasteiger partial charge in [-0.1, -0.05) is 18.2 Å². The second kappa shape index (κ2) is 7.09. The van der Waals surface area contributed by atoms with E-state index in [0.717, 1.165) is 36.3 Å². The van der Waals surface area contributed by atoms with Gasteiger partial charge in [0.15, 0.2) is 6.10 Å². The molecule has 5 rings (SSSR count). The molecule has 3 heterocycles. The van der Waals surface area contributed by atoms with Gasteiger partial charge in [-0.3, -0.25) is 14.2 Å². The molecule has 0 fully saturated rings. The Balaban J connectivity index is 1.36. The minimum Gasteiger partial charge on any atom is -0.449 e. The van der Waals surface area contributed by atoms with Crippen molar-refractivity contribution in [2.45, 2.75) is 38.8 Å². The second-order valence-corrected chi connectivity index (χ2v) is 7.74. The van der Waals surface area contributed by atoms with E-state index >= 15 is 0 Å². The van der Waals surface area contributed by atoms with E-state index in [1.165, 1.54) is 0 Å². The number of fused-ring (bicyclic) bond motifs is 3. The number of hydrogen-bond donors (Lipinski definition) is 0. The first kappa shape index (κ1) is 18.5. The maximum absolute atomic E-state index is 12.9. The zero-order valence-electron chi connectivity index (χ0n) is 16.6. The quantitative estimate of drug-likeness (QED) is 0.628. The van der Waals surface area contributed by atoms with E-state index < -0.39 is 12.1 Å². The highest BCUT2D eigenvalue weighted by atomic mass is 16.5. The number of carbonyl (C=O) groups excluding carboxylic acids is 2. The normalized spacial score (nSPS) is 15.7. The molecule has 3 aromatic rings. The van der Waals surface area contributed by atoms with Gasteiger partial charge in [-0.2, -0.15) is 0 Å². The van der Waals surface area contributed by atoms with Gasteiger partial charge in [0, 0.05) is 25.2 Å². The Kier molecular flexibility index (Phi) is 4.38. The Hall–Kier alpha value is -3.48. The molecule has 1 aromatic heterocycles. The van der Waals surface area contributed by atoms with Gasteiger partial charge in [0.25, 0.3) is 11.5 Å². The lowest BCUT2D eigenvalue weighted by atomic mass is 10.1. The topological polar surface area (TPSA) is 81.5 Å². The van der Waals surface area contributed by atoms with Crippen LogP contribution in [0.4, 0.5) is 5.69 Å². The van der Waals surface area contributed by atoms with Crippen LogP contribution in [0.2, 0.25) is 0 Å². The monoisotopic (exact) mass is 403 g/mol. The molecule has 30 heavy (non-hydrogen) atoms. The molecule has 2 aliphatic heterocycles. The lowest BCUT2D eigenvalue weighted by molar-refractivity contribution is -0.126. The van der Waals surface area contributed by atoms with Gasteiger partial charge in [-0.15, -0.1) is 0 Å². The standard InChI is InChI=1S/C23H21N3O4/c1-14(21(27)25-12-10-15-5-2-3-6-19(15)25)30-23(29)16-8-9-17-18(13-16)24-20-7-4-11-26(20)22(17)28/h2-3,5-6,8-9,13-14H,4,7,10-12H2,1H3/t14-/m1/s1. The van der Waals surface area contributed by atoms with Gasteiger partial charge in [0.2, 0.25) is 0 Å². The van der Waals surface area contributed by atoms with Gasteiger partial charge >= 0.3 is 5.97 Å².